The van der Waals surface area contributed by atoms with Gasteiger partial charge < -0.3 is 53.2 Å². The van der Waals surface area contributed by atoms with Gasteiger partial charge in [0.2, 0.25) is 0 Å². The Morgan fingerprint density at radius 2 is 0.716 bits per heavy atom. The lowest BCUT2D eigenvalue weighted by Crippen LogP contribution is -2.33. The molecule has 0 radical (unpaired) electrons. The van der Waals surface area contributed by atoms with Gasteiger partial charge in [-0.2, -0.15) is 0 Å². The summed E-state index contributed by atoms with van der Waals surface area (Å²) in [7, 11) is 0. The van der Waals surface area contributed by atoms with Crippen molar-refractivity contribution in [3.63, 3.8) is 0 Å². The van der Waals surface area contributed by atoms with Gasteiger partial charge in [-0.15, -0.1) is 0 Å². The van der Waals surface area contributed by atoms with Gasteiger partial charge in [-0.25, -0.2) is 0 Å². The third-order valence-corrected chi connectivity index (χ3v) is 19.9. The molecular weight excluding hydrogens is 1270 g/mol. The quantitative estimate of drug-likeness (QED) is 0.0216. The van der Waals surface area contributed by atoms with Crippen LogP contribution in [0.2, 0.25) is 0 Å². The van der Waals surface area contributed by atoms with E-state index >= 15 is 0 Å². The zero-order valence-electron chi connectivity index (χ0n) is 67.1. The zero-order chi connectivity index (χ0) is 75.8. The maximum absolute atomic E-state index is 11.7. The van der Waals surface area contributed by atoms with Crippen LogP contribution in [0.4, 0.5) is 0 Å². The fourth-order valence-corrected chi connectivity index (χ4v) is 11.3. The minimum Gasteiger partial charge on any atom is -0.508 e. The van der Waals surface area contributed by atoms with Crippen LogP contribution in [-0.4, -0.2) is 78.3 Å². The minimum atomic E-state index is -0.251. The molecule has 12 nitrogen and oxygen atoms in total. The van der Waals surface area contributed by atoms with E-state index in [2.05, 4.69) is 126 Å². The van der Waals surface area contributed by atoms with Crippen molar-refractivity contribution in [1.29, 1.82) is 0 Å². The van der Waals surface area contributed by atoms with Crippen LogP contribution in [0.1, 0.15) is 317 Å². The molecule has 6 aromatic rings. The van der Waals surface area contributed by atoms with E-state index in [1.807, 2.05) is 127 Å². The Kier molecular flexibility index (Phi) is 47.8. The summed E-state index contributed by atoms with van der Waals surface area (Å²) in [6, 6.07) is 47.2. The van der Waals surface area contributed by atoms with Crippen molar-refractivity contribution in [2.24, 2.45) is 5.92 Å². The van der Waals surface area contributed by atoms with Gasteiger partial charge in [0.15, 0.2) is 18.9 Å². The zero-order valence-corrected chi connectivity index (χ0v) is 67.1. The van der Waals surface area contributed by atoms with Gasteiger partial charge >= 0.3 is 5.97 Å². The number of phenols is 3. The first-order valence-corrected chi connectivity index (χ1v) is 39.2. The van der Waals surface area contributed by atoms with Crippen LogP contribution in [0, 0.1) is 5.92 Å². The second kappa shape index (κ2) is 53.2. The molecule has 8 rings (SSSR count). The second-order valence-corrected chi connectivity index (χ2v) is 27.8. The van der Waals surface area contributed by atoms with Gasteiger partial charge in [0.1, 0.15) is 40.1 Å². The molecule has 0 spiro atoms. The highest BCUT2D eigenvalue weighted by atomic mass is 16.7. The average Bonchev–Trinajstić information content (AvgIpc) is 1.15. The third-order valence-electron chi connectivity index (χ3n) is 19.9. The average molecular weight is 1410 g/mol. The van der Waals surface area contributed by atoms with E-state index in [0.29, 0.717) is 85.3 Å². The highest BCUT2D eigenvalue weighted by Crippen LogP contribution is 2.37. The predicted molar refractivity (Wildman–Crippen MR) is 425 cm³/mol. The Morgan fingerprint density at radius 3 is 1.03 bits per heavy atom. The molecule has 0 saturated heterocycles. The summed E-state index contributed by atoms with van der Waals surface area (Å²) in [5.41, 5.74) is 7.77. The number of ether oxygens (including phenoxy) is 8. The van der Waals surface area contributed by atoms with Crippen molar-refractivity contribution in [2.75, 3.05) is 26.4 Å². The summed E-state index contributed by atoms with van der Waals surface area (Å²) in [5.74, 6) is 7.24. The van der Waals surface area contributed by atoms with Crippen LogP contribution in [0.25, 0.3) is 0 Å². The van der Waals surface area contributed by atoms with E-state index in [1.165, 1.54) is 78.3 Å². The number of hydrogen-bond acceptors (Lipinski definition) is 12. The molecule has 0 heterocycles. The van der Waals surface area contributed by atoms with Crippen molar-refractivity contribution in [2.45, 2.75) is 314 Å². The molecule has 6 aromatic carbocycles. The number of carbonyl (C=O) groups is 1. The molecular formula is C90H140O12. The number of esters is 1. The number of rotatable bonds is 31. The lowest BCUT2D eigenvalue weighted by Gasteiger charge is -2.29. The molecule has 3 N–H and O–H groups in total. The lowest BCUT2D eigenvalue weighted by atomic mass is 9.98. The maximum Gasteiger partial charge on any atom is 0.309 e. The van der Waals surface area contributed by atoms with E-state index in [9.17, 15) is 4.79 Å². The first kappa shape index (κ1) is 91.5. The monoisotopic (exact) mass is 1410 g/mol. The topological polar surface area (TPSA) is 152 Å². The van der Waals surface area contributed by atoms with Crippen LogP contribution >= 0.6 is 0 Å². The fourth-order valence-electron chi connectivity index (χ4n) is 11.3. The summed E-state index contributed by atoms with van der Waals surface area (Å²) in [6.07, 6.45) is 19.5. The first-order valence-electron chi connectivity index (χ1n) is 39.2. The number of benzene rings is 6. The van der Waals surface area contributed by atoms with Crippen molar-refractivity contribution >= 4 is 5.97 Å². The molecule has 0 bridgehead atoms. The largest absolute Gasteiger partial charge is 0.508 e. The van der Waals surface area contributed by atoms with Crippen LogP contribution in [0.3, 0.4) is 0 Å². The number of hydrogen-bond donors (Lipinski definition) is 3. The lowest BCUT2D eigenvalue weighted by molar-refractivity contribution is -0.164. The molecule has 12 heteroatoms. The summed E-state index contributed by atoms with van der Waals surface area (Å²) < 4.78 is 44.9. The summed E-state index contributed by atoms with van der Waals surface area (Å²) in [6.45, 7) is 44.7. The number of phenolic OH excluding ortho intramolecular Hbond substituents is 3. The van der Waals surface area contributed by atoms with Crippen molar-refractivity contribution in [3.05, 3.63) is 179 Å². The van der Waals surface area contributed by atoms with Gasteiger partial charge in [-0.05, 0) is 266 Å². The molecule has 10 atom stereocenters. The highest BCUT2D eigenvalue weighted by molar-refractivity contribution is 5.72. The van der Waals surface area contributed by atoms with Crippen LogP contribution < -0.4 is 14.2 Å². The standard InChI is InChI=1S/C20H32O3.2C14H22O2.C12H22O2.3C10H14O/c1-4-16(2)18-10-12-20(13-11-18)23-17(3)21-14-15-22-19-8-6-5-7-9-19;2*1-5-11(3)13-7-9-14(10-8-13)16-12(4)15-6-2;1-4-10(3)11(13)14-12(5-2)8-6-7-9-12;2*1-3-8(2)9-4-6-10(11)7-5-9;1-3-8(2)9-5-4-6-10(11)7-9/h10-13,16-17,19H,4-9,14-15H2,1-3H3;2*7-12H,5-6H2,1-4H3;10H,4-9H2,1-3H3;3*4-8,11H,3H2,1-2H3. The molecule has 0 aliphatic heterocycles. The summed E-state index contributed by atoms with van der Waals surface area (Å²) in [4.78, 5) is 11.7. The van der Waals surface area contributed by atoms with Gasteiger partial charge in [-0.1, -0.05) is 196 Å². The fraction of sp³-hybridized carbons (Fsp3) is 0.589. The highest BCUT2D eigenvalue weighted by Gasteiger charge is 2.36. The minimum absolute atomic E-state index is 0.00347. The van der Waals surface area contributed by atoms with Gasteiger partial charge in [0.25, 0.3) is 0 Å². The molecule has 572 valence electrons. The second-order valence-electron chi connectivity index (χ2n) is 27.8. The van der Waals surface area contributed by atoms with Crippen LogP contribution in [0.15, 0.2) is 146 Å². The van der Waals surface area contributed by atoms with Gasteiger partial charge in [0.05, 0.1) is 25.2 Å². The number of carbonyl (C=O) groups excluding carboxylic acids is 1. The van der Waals surface area contributed by atoms with Crippen LogP contribution in [0.5, 0.6) is 34.5 Å². The van der Waals surface area contributed by atoms with E-state index in [4.69, 9.17) is 53.2 Å². The number of aromatic hydroxyl groups is 3. The van der Waals surface area contributed by atoms with Gasteiger partial charge in [-0.3, -0.25) is 4.79 Å². The van der Waals surface area contributed by atoms with E-state index in [0.717, 1.165) is 81.5 Å². The SMILES string of the molecule is CCC(C)C(=O)OC1(CC)CCCC1.CCC(C)c1ccc(O)cc1.CCC(C)c1ccc(O)cc1.CCC(C)c1ccc(OC(C)OCCOC2CCCCC2)cc1.CCC(C)c1cccc(O)c1.CCOC(C)Oc1ccc(C(C)CC)cc1.CCOC(C)Oc1ccc(C(C)CC)cc1. The Balaban J connectivity index is 0.000000411. The Morgan fingerprint density at radius 1 is 0.382 bits per heavy atom. The third kappa shape index (κ3) is 37.7. The molecule has 0 amide bonds. The maximum atomic E-state index is 11.7. The van der Waals surface area contributed by atoms with Crippen LogP contribution in [-0.2, 0) is 28.5 Å². The van der Waals surface area contributed by atoms with E-state index < -0.39 is 0 Å². The molecule has 2 saturated carbocycles. The van der Waals surface area contributed by atoms with Crippen molar-refractivity contribution in [3.8, 4) is 34.5 Å². The Hall–Kier alpha value is -6.57. The van der Waals surface area contributed by atoms with Crippen molar-refractivity contribution in [1.82, 2.24) is 0 Å². The molecule has 2 aliphatic carbocycles. The molecule has 2 aliphatic rings. The Bertz CT molecular complexity index is 2880. The summed E-state index contributed by atoms with van der Waals surface area (Å²) in [5, 5.41) is 27.2. The van der Waals surface area contributed by atoms with E-state index in [1.54, 1.807) is 30.3 Å². The van der Waals surface area contributed by atoms with Crippen molar-refractivity contribution < 1.29 is 58.0 Å². The first-order chi connectivity index (χ1) is 48.9. The smallest absolute Gasteiger partial charge is 0.309 e. The molecule has 0 aromatic heterocycles. The van der Waals surface area contributed by atoms with Gasteiger partial charge in [0, 0.05) is 13.2 Å². The predicted octanol–water partition coefficient (Wildman–Crippen LogP) is 25.2. The normalized spacial score (nSPS) is 15.9. The summed E-state index contributed by atoms with van der Waals surface area (Å²) >= 11 is 0. The molecule has 10 unspecified atom stereocenters. The molecule has 2 fully saturated rings. The van der Waals surface area contributed by atoms with E-state index in [-0.39, 0.29) is 36.4 Å². The Labute approximate surface area is 620 Å². The molecule has 102 heavy (non-hydrogen) atoms.